The fraction of sp³-hybridized carbons (Fsp3) is 0.0526. The van der Waals surface area contributed by atoms with Crippen LogP contribution in [0, 0.1) is 0 Å². The van der Waals surface area contributed by atoms with E-state index in [4.69, 9.17) is 8.83 Å². The van der Waals surface area contributed by atoms with Crippen molar-refractivity contribution >= 4 is 87.5 Å². The number of fused-ring (bicyclic) bond motifs is 16. The topological polar surface area (TPSA) is 36.1 Å². The summed E-state index contributed by atoms with van der Waals surface area (Å²) in [6.07, 6.45) is 0. The predicted molar refractivity (Wildman–Crippen MR) is 253 cm³/mol. The molecule has 286 valence electrons. The first kappa shape index (κ1) is 33.1. The molecule has 0 unspecified atom stereocenters. The molecule has 1 aliphatic rings. The number of hydrogen-bond acceptors (Lipinski definition) is 2. The molecule has 4 nitrogen and oxygen atoms in total. The third kappa shape index (κ3) is 4.38. The maximum Gasteiger partial charge on any atom is 0.143 e. The van der Waals surface area contributed by atoms with Crippen molar-refractivity contribution in [1.82, 2.24) is 9.13 Å². The molecule has 0 saturated carbocycles. The summed E-state index contributed by atoms with van der Waals surface area (Å²) >= 11 is 0. The van der Waals surface area contributed by atoms with Crippen LogP contribution < -0.4 is 0 Å². The molecule has 4 aromatic heterocycles. The Balaban J connectivity index is 0.938. The Bertz CT molecular complexity index is 4040. The van der Waals surface area contributed by atoms with Crippen molar-refractivity contribution < 1.29 is 8.83 Å². The molecule has 1 aliphatic carbocycles. The van der Waals surface area contributed by atoms with Gasteiger partial charge < -0.3 is 18.0 Å². The molecule has 0 N–H and O–H groups in total. The van der Waals surface area contributed by atoms with Gasteiger partial charge in [0.25, 0.3) is 0 Å². The summed E-state index contributed by atoms with van der Waals surface area (Å²) in [6.45, 7) is 4.70. The number of para-hydroxylation sites is 4. The van der Waals surface area contributed by atoms with Crippen LogP contribution in [0.4, 0.5) is 0 Å². The van der Waals surface area contributed by atoms with E-state index in [1.54, 1.807) is 0 Å². The first-order valence-corrected chi connectivity index (χ1v) is 21.1. The summed E-state index contributed by atoms with van der Waals surface area (Å²) in [5.41, 5.74) is 18.0. The zero-order chi connectivity index (χ0) is 40.1. The van der Waals surface area contributed by atoms with E-state index < -0.39 is 0 Å². The molecule has 4 heteroatoms. The van der Waals surface area contributed by atoms with Crippen molar-refractivity contribution in [2.75, 3.05) is 0 Å². The quantitative estimate of drug-likeness (QED) is 0.179. The van der Waals surface area contributed by atoms with Crippen molar-refractivity contribution in [2.45, 2.75) is 19.3 Å². The Morgan fingerprint density at radius 3 is 1.72 bits per heavy atom. The van der Waals surface area contributed by atoms with Gasteiger partial charge in [0.1, 0.15) is 22.3 Å². The Hall–Kier alpha value is -7.82. The van der Waals surface area contributed by atoms with Crippen LogP contribution in [0.2, 0.25) is 0 Å². The molecule has 0 fully saturated rings. The molecule has 13 aromatic rings. The van der Waals surface area contributed by atoms with Crippen molar-refractivity contribution in [3.8, 4) is 33.6 Å². The standard InChI is InChI=1S/C57H36N2O2/c1-57(2)46-26-25-42-40-13-5-10-18-53(40)61-56(42)55(46)43-24-21-36(32-47(43)57)59-48-15-7-3-11-37(48)39-23-19-34(30-51(39)59)33-20-27-50-44(29-33)38-12-4-8-16-49(38)58(50)35-22-28-54-45(31-35)41-14-6-9-17-52(41)60-54/h3-32H,1-2H3. The Morgan fingerprint density at radius 1 is 0.361 bits per heavy atom. The Kier molecular flexibility index (Phi) is 6.33. The summed E-state index contributed by atoms with van der Waals surface area (Å²) in [5.74, 6) is 0. The number of furan rings is 2. The van der Waals surface area contributed by atoms with Gasteiger partial charge in [-0.25, -0.2) is 0 Å². The van der Waals surface area contributed by atoms with Gasteiger partial charge in [-0.1, -0.05) is 123 Å². The summed E-state index contributed by atoms with van der Waals surface area (Å²) in [5, 5.41) is 9.54. The minimum atomic E-state index is -0.204. The largest absolute Gasteiger partial charge is 0.456 e. The van der Waals surface area contributed by atoms with Crippen LogP contribution in [0.5, 0.6) is 0 Å². The zero-order valence-corrected chi connectivity index (χ0v) is 33.5. The van der Waals surface area contributed by atoms with E-state index in [1.807, 2.05) is 12.1 Å². The molecule has 0 spiro atoms. The minimum absolute atomic E-state index is 0.204. The highest BCUT2D eigenvalue weighted by Gasteiger charge is 2.38. The summed E-state index contributed by atoms with van der Waals surface area (Å²) < 4.78 is 17.7. The molecule has 9 aromatic carbocycles. The van der Waals surface area contributed by atoms with Crippen LogP contribution in [-0.2, 0) is 5.41 Å². The second-order valence-corrected chi connectivity index (χ2v) is 17.3. The fourth-order valence-electron chi connectivity index (χ4n) is 10.8. The first-order chi connectivity index (χ1) is 30.0. The first-order valence-electron chi connectivity index (χ1n) is 21.1. The summed E-state index contributed by atoms with van der Waals surface area (Å²) in [6, 6.07) is 66.3. The van der Waals surface area contributed by atoms with Gasteiger partial charge in [-0.05, 0) is 101 Å². The van der Waals surface area contributed by atoms with E-state index in [9.17, 15) is 0 Å². The number of rotatable bonds is 3. The van der Waals surface area contributed by atoms with Gasteiger partial charge in [0, 0.05) is 65.4 Å². The average Bonchev–Trinajstić information content (AvgIpc) is 4.09. The molecule has 14 rings (SSSR count). The lowest BCUT2D eigenvalue weighted by Crippen LogP contribution is -2.15. The number of nitrogens with zero attached hydrogens (tertiary/aromatic N) is 2. The number of benzene rings is 9. The number of hydrogen-bond donors (Lipinski definition) is 0. The van der Waals surface area contributed by atoms with Gasteiger partial charge in [0.15, 0.2) is 0 Å². The highest BCUT2D eigenvalue weighted by atomic mass is 16.3. The minimum Gasteiger partial charge on any atom is -0.456 e. The van der Waals surface area contributed by atoms with Gasteiger partial charge in [0.05, 0.1) is 22.1 Å². The van der Waals surface area contributed by atoms with E-state index in [2.05, 4.69) is 193 Å². The van der Waals surface area contributed by atoms with Gasteiger partial charge in [-0.15, -0.1) is 0 Å². The third-order valence-corrected chi connectivity index (χ3v) is 13.7. The second-order valence-electron chi connectivity index (χ2n) is 17.3. The molecule has 0 saturated heterocycles. The summed E-state index contributed by atoms with van der Waals surface area (Å²) in [4.78, 5) is 0. The third-order valence-electron chi connectivity index (χ3n) is 13.7. The van der Waals surface area contributed by atoms with Crippen LogP contribution in [0.1, 0.15) is 25.0 Å². The van der Waals surface area contributed by atoms with Crippen LogP contribution in [0.3, 0.4) is 0 Å². The molecular weight excluding hydrogens is 745 g/mol. The zero-order valence-electron chi connectivity index (χ0n) is 33.5. The lowest BCUT2D eigenvalue weighted by Gasteiger charge is -2.22. The highest BCUT2D eigenvalue weighted by Crippen LogP contribution is 2.53. The SMILES string of the molecule is CC1(C)c2cc(-n3c4ccccc4c4ccc(-c5ccc6c(c5)c5ccccc5n6-c5ccc6oc7ccccc7c6c5)cc43)ccc2-c2c1ccc1c2oc2ccccc21. The molecule has 0 radical (unpaired) electrons. The predicted octanol–water partition coefficient (Wildman–Crippen LogP) is 15.7. The molecule has 61 heavy (non-hydrogen) atoms. The van der Waals surface area contributed by atoms with Crippen molar-refractivity contribution in [1.29, 1.82) is 0 Å². The molecular formula is C57H36N2O2. The average molecular weight is 781 g/mol. The lowest BCUT2D eigenvalue weighted by molar-refractivity contribution is 0.653. The molecule has 0 amide bonds. The van der Waals surface area contributed by atoms with Gasteiger partial charge >= 0.3 is 0 Å². The summed E-state index contributed by atoms with van der Waals surface area (Å²) in [7, 11) is 0. The van der Waals surface area contributed by atoms with E-state index in [0.29, 0.717) is 0 Å². The molecule has 4 heterocycles. The maximum atomic E-state index is 6.61. The lowest BCUT2D eigenvalue weighted by atomic mass is 9.82. The van der Waals surface area contributed by atoms with Gasteiger partial charge in [-0.2, -0.15) is 0 Å². The van der Waals surface area contributed by atoms with Gasteiger partial charge in [0.2, 0.25) is 0 Å². The smallest absolute Gasteiger partial charge is 0.143 e. The highest BCUT2D eigenvalue weighted by molar-refractivity contribution is 6.14. The fourth-order valence-corrected chi connectivity index (χ4v) is 10.8. The normalized spacial score (nSPS) is 13.5. The molecule has 0 aliphatic heterocycles. The van der Waals surface area contributed by atoms with Crippen LogP contribution >= 0.6 is 0 Å². The Labute approximate surface area is 350 Å². The van der Waals surface area contributed by atoms with E-state index in [0.717, 1.165) is 49.9 Å². The Morgan fingerprint density at radius 2 is 0.918 bits per heavy atom. The van der Waals surface area contributed by atoms with Crippen molar-refractivity contribution in [3.63, 3.8) is 0 Å². The van der Waals surface area contributed by atoms with E-state index >= 15 is 0 Å². The molecule has 0 bridgehead atoms. The second kappa shape index (κ2) is 11.7. The van der Waals surface area contributed by atoms with Crippen LogP contribution in [-0.4, -0.2) is 9.13 Å². The van der Waals surface area contributed by atoms with Crippen molar-refractivity contribution in [3.05, 3.63) is 193 Å². The van der Waals surface area contributed by atoms with Crippen LogP contribution in [0.15, 0.2) is 191 Å². The number of aromatic nitrogens is 2. The van der Waals surface area contributed by atoms with E-state index in [1.165, 1.54) is 82.4 Å². The van der Waals surface area contributed by atoms with E-state index in [-0.39, 0.29) is 5.41 Å². The van der Waals surface area contributed by atoms with Gasteiger partial charge in [-0.3, -0.25) is 0 Å². The van der Waals surface area contributed by atoms with Crippen LogP contribution in [0.25, 0.3) is 121 Å². The maximum absolute atomic E-state index is 6.61. The molecule has 0 atom stereocenters. The van der Waals surface area contributed by atoms with Crippen molar-refractivity contribution in [2.24, 2.45) is 0 Å². The monoisotopic (exact) mass is 780 g/mol.